The molecule has 5 heteroatoms. The second kappa shape index (κ2) is 4.86. The Morgan fingerprint density at radius 3 is 2.67 bits per heavy atom. The van der Waals surface area contributed by atoms with E-state index >= 15 is 0 Å². The first-order chi connectivity index (χ1) is 10.1. The summed E-state index contributed by atoms with van der Waals surface area (Å²) < 4.78 is 0. The first kappa shape index (κ1) is 13.1. The van der Waals surface area contributed by atoms with Gasteiger partial charge in [0.2, 0.25) is 0 Å². The molecule has 0 saturated heterocycles. The number of benzene rings is 2. The molecule has 2 aromatic carbocycles. The second-order valence-electron chi connectivity index (χ2n) is 4.84. The lowest BCUT2D eigenvalue weighted by atomic mass is 10.1. The van der Waals surface area contributed by atoms with Crippen molar-refractivity contribution in [2.75, 3.05) is 0 Å². The molecule has 0 saturated carbocycles. The third-order valence-electron chi connectivity index (χ3n) is 3.47. The van der Waals surface area contributed by atoms with Gasteiger partial charge in [-0.3, -0.25) is 14.9 Å². The summed E-state index contributed by atoms with van der Waals surface area (Å²) in [6.07, 6.45) is 2.15. The average Bonchev–Trinajstić information content (AvgIpc) is 2.78. The largest absolute Gasteiger partial charge is 0.502 e. The van der Waals surface area contributed by atoms with Crippen molar-refractivity contribution in [3.63, 3.8) is 0 Å². The van der Waals surface area contributed by atoms with E-state index in [4.69, 9.17) is 0 Å². The van der Waals surface area contributed by atoms with E-state index < -0.39 is 4.92 Å². The maximum absolute atomic E-state index is 12.2. The molecule has 0 heterocycles. The highest BCUT2D eigenvalue weighted by Gasteiger charge is 2.24. The van der Waals surface area contributed by atoms with E-state index in [-0.39, 0.29) is 17.2 Å². The van der Waals surface area contributed by atoms with Crippen LogP contribution in [-0.4, -0.2) is 15.8 Å². The lowest BCUT2D eigenvalue weighted by molar-refractivity contribution is -0.385. The molecule has 0 aliphatic heterocycles. The molecule has 0 atom stereocenters. The predicted octanol–water partition coefficient (Wildman–Crippen LogP) is 3.12. The topological polar surface area (TPSA) is 80.4 Å². The molecule has 0 amide bonds. The molecule has 1 aliphatic carbocycles. The summed E-state index contributed by atoms with van der Waals surface area (Å²) in [5.74, 6) is -0.440. The van der Waals surface area contributed by atoms with Crippen LogP contribution >= 0.6 is 0 Å². The number of aromatic hydroxyl groups is 1. The Morgan fingerprint density at radius 2 is 1.95 bits per heavy atom. The average molecular weight is 281 g/mol. The summed E-state index contributed by atoms with van der Waals surface area (Å²) >= 11 is 0. The van der Waals surface area contributed by atoms with Crippen LogP contribution in [0.4, 0.5) is 5.69 Å². The van der Waals surface area contributed by atoms with E-state index in [2.05, 4.69) is 0 Å². The number of Topliss-reactive ketones (excluding diaryl/α,β-unsaturated/α-hetero) is 1. The predicted molar refractivity (Wildman–Crippen MR) is 77.2 cm³/mol. The molecule has 104 valence electrons. The van der Waals surface area contributed by atoms with Gasteiger partial charge in [0.25, 0.3) is 0 Å². The van der Waals surface area contributed by atoms with Crippen molar-refractivity contribution in [1.82, 2.24) is 0 Å². The van der Waals surface area contributed by atoms with Crippen LogP contribution in [0.5, 0.6) is 5.75 Å². The van der Waals surface area contributed by atoms with Crippen LogP contribution in [0.3, 0.4) is 0 Å². The SMILES string of the molecule is O=C1/C(=C\c2ccc(O)c([N+](=O)[O-])c2)Cc2ccccc21. The van der Waals surface area contributed by atoms with Crippen molar-refractivity contribution in [2.45, 2.75) is 6.42 Å². The van der Waals surface area contributed by atoms with Gasteiger partial charge in [0, 0.05) is 23.6 Å². The monoisotopic (exact) mass is 281 g/mol. The number of fused-ring (bicyclic) bond motifs is 1. The molecule has 5 nitrogen and oxygen atoms in total. The van der Waals surface area contributed by atoms with Crippen LogP contribution in [-0.2, 0) is 6.42 Å². The van der Waals surface area contributed by atoms with E-state index in [9.17, 15) is 20.0 Å². The number of carbonyl (C=O) groups excluding carboxylic acids is 1. The molecule has 1 aliphatic rings. The maximum Gasteiger partial charge on any atom is 0.311 e. The van der Waals surface area contributed by atoms with Crippen molar-refractivity contribution in [2.24, 2.45) is 0 Å². The molecular weight excluding hydrogens is 270 g/mol. The van der Waals surface area contributed by atoms with Gasteiger partial charge >= 0.3 is 5.69 Å². The van der Waals surface area contributed by atoms with Crippen LogP contribution in [0.1, 0.15) is 21.5 Å². The zero-order valence-electron chi connectivity index (χ0n) is 10.9. The third kappa shape index (κ3) is 2.29. The van der Waals surface area contributed by atoms with Crippen molar-refractivity contribution >= 4 is 17.5 Å². The van der Waals surface area contributed by atoms with Gasteiger partial charge in [-0.05, 0) is 23.3 Å². The van der Waals surface area contributed by atoms with E-state index in [0.717, 1.165) is 5.56 Å². The number of rotatable bonds is 2. The van der Waals surface area contributed by atoms with Crippen molar-refractivity contribution < 1.29 is 14.8 Å². The number of nitro benzene ring substituents is 1. The fourth-order valence-corrected chi connectivity index (χ4v) is 2.45. The van der Waals surface area contributed by atoms with Gasteiger partial charge in [0.1, 0.15) is 0 Å². The Bertz CT molecular complexity index is 793. The molecule has 1 N–H and O–H groups in total. The Kier molecular flexibility index (Phi) is 3.02. The Hall–Kier alpha value is -2.95. The number of ketones is 1. The van der Waals surface area contributed by atoms with E-state index in [1.807, 2.05) is 18.2 Å². The molecule has 2 aromatic rings. The summed E-state index contributed by atoms with van der Waals surface area (Å²) in [6, 6.07) is 11.4. The summed E-state index contributed by atoms with van der Waals surface area (Å²) in [5.41, 5.74) is 2.39. The minimum Gasteiger partial charge on any atom is -0.502 e. The summed E-state index contributed by atoms with van der Waals surface area (Å²) in [4.78, 5) is 22.4. The summed E-state index contributed by atoms with van der Waals surface area (Å²) in [7, 11) is 0. The molecule has 0 unspecified atom stereocenters. The number of phenols is 1. The van der Waals surface area contributed by atoms with Crippen LogP contribution in [0.2, 0.25) is 0 Å². The molecule has 0 radical (unpaired) electrons. The third-order valence-corrected chi connectivity index (χ3v) is 3.47. The Labute approximate surface area is 120 Å². The second-order valence-corrected chi connectivity index (χ2v) is 4.84. The number of nitrogens with zero attached hydrogens (tertiary/aromatic N) is 1. The molecule has 21 heavy (non-hydrogen) atoms. The van der Waals surface area contributed by atoms with Crippen LogP contribution in [0, 0.1) is 10.1 Å². The van der Waals surface area contributed by atoms with Gasteiger partial charge in [-0.25, -0.2) is 0 Å². The number of carbonyl (C=O) groups is 1. The summed E-state index contributed by atoms with van der Waals surface area (Å²) in [5, 5.41) is 20.2. The molecule has 0 bridgehead atoms. The maximum atomic E-state index is 12.2. The number of allylic oxidation sites excluding steroid dienone is 1. The molecule has 0 spiro atoms. The quantitative estimate of drug-likeness (QED) is 0.521. The number of phenolic OH excluding ortho intramolecular Hbond substituents is 1. The number of hydrogen-bond donors (Lipinski definition) is 1. The van der Waals surface area contributed by atoms with E-state index in [0.29, 0.717) is 23.1 Å². The van der Waals surface area contributed by atoms with Gasteiger partial charge in [-0.1, -0.05) is 30.3 Å². The zero-order valence-corrected chi connectivity index (χ0v) is 10.9. The molecular formula is C16H11NO4. The van der Waals surface area contributed by atoms with Crippen LogP contribution in [0.25, 0.3) is 6.08 Å². The van der Waals surface area contributed by atoms with Crippen molar-refractivity contribution in [1.29, 1.82) is 0 Å². The minimum absolute atomic E-state index is 0.0543. The smallest absolute Gasteiger partial charge is 0.311 e. The Morgan fingerprint density at radius 1 is 1.19 bits per heavy atom. The zero-order chi connectivity index (χ0) is 15.0. The van der Waals surface area contributed by atoms with Gasteiger partial charge in [-0.15, -0.1) is 0 Å². The van der Waals surface area contributed by atoms with E-state index in [1.165, 1.54) is 12.1 Å². The first-order valence-corrected chi connectivity index (χ1v) is 6.37. The minimum atomic E-state index is -0.650. The van der Waals surface area contributed by atoms with E-state index in [1.54, 1.807) is 18.2 Å². The van der Waals surface area contributed by atoms with Gasteiger partial charge in [0.05, 0.1) is 4.92 Å². The highest BCUT2D eigenvalue weighted by molar-refractivity contribution is 6.15. The van der Waals surface area contributed by atoms with Gasteiger partial charge < -0.3 is 5.11 Å². The lowest BCUT2D eigenvalue weighted by Crippen LogP contribution is -1.95. The van der Waals surface area contributed by atoms with Crippen molar-refractivity contribution in [3.05, 3.63) is 74.8 Å². The molecule has 0 fully saturated rings. The van der Waals surface area contributed by atoms with Crippen molar-refractivity contribution in [3.8, 4) is 5.75 Å². The van der Waals surface area contributed by atoms with Crippen LogP contribution in [0.15, 0.2) is 48.0 Å². The lowest BCUT2D eigenvalue weighted by Gasteiger charge is -1.99. The van der Waals surface area contributed by atoms with Gasteiger partial charge in [0.15, 0.2) is 11.5 Å². The highest BCUT2D eigenvalue weighted by atomic mass is 16.6. The molecule has 0 aromatic heterocycles. The highest BCUT2D eigenvalue weighted by Crippen LogP contribution is 2.30. The van der Waals surface area contributed by atoms with Crippen LogP contribution < -0.4 is 0 Å². The Balaban J connectivity index is 2.00. The standard InChI is InChI=1S/C16H11NO4/c18-15-6-5-10(8-14(15)17(20)21)7-12-9-11-3-1-2-4-13(11)16(12)19/h1-8,18H,9H2/b12-7-. The first-order valence-electron chi connectivity index (χ1n) is 6.37. The number of nitro groups is 1. The number of hydrogen-bond acceptors (Lipinski definition) is 4. The summed E-state index contributed by atoms with van der Waals surface area (Å²) in [6.45, 7) is 0. The normalized spacial score (nSPS) is 15.2. The fourth-order valence-electron chi connectivity index (χ4n) is 2.45. The molecule has 3 rings (SSSR count). The fraction of sp³-hybridized carbons (Fsp3) is 0.0625. The van der Waals surface area contributed by atoms with Gasteiger partial charge in [-0.2, -0.15) is 0 Å².